The maximum absolute atomic E-state index is 12.9. The third-order valence-corrected chi connectivity index (χ3v) is 4.12. The fraction of sp³-hybridized carbons (Fsp3) is 0.188. The molecule has 0 unspecified atom stereocenters. The summed E-state index contributed by atoms with van der Waals surface area (Å²) >= 11 is 1.63. The van der Waals surface area contributed by atoms with Gasteiger partial charge in [-0.15, -0.1) is 11.3 Å². The quantitative estimate of drug-likeness (QED) is 0.753. The summed E-state index contributed by atoms with van der Waals surface area (Å²) in [7, 11) is 0. The summed E-state index contributed by atoms with van der Waals surface area (Å²) in [5.74, 6) is 0.289. The van der Waals surface area contributed by atoms with Crippen molar-refractivity contribution in [2.45, 2.75) is 19.4 Å². The van der Waals surface area contributed by atoms with Crippen molar-refractivity contribution in [2.24, 2.45) is 0 Å². The Labute approximate surface area is 136 Å². The van der Waals surface area contributed by atoms with Gasteiger partial charge in [-0.1, -0.05) is 11.2 Å². The molecule has 2 aromatic heterocycles. The second-order valence-electron chi connectivity index (χ2n) is 4.87. The molecule has 0 bridgehead atoms. The van der Waals surface area contributed by atoms with Crippen LogP contribution in [-0.2, 0) is 17.8 Å². The fourth-order valence-electron chi connectivity index (χ4n) is 2.00. The molecule has 0 saturated carbocycles. The van der Waals surface area contributed by atoms with Crippen molar-refractivity contribution in [1.82, 2.24) is 15.5 Å². The largest absolute Gasteiger partial charge is 0.347 e. The number of carbonyl (C=O) groups excluding carboxylic acids is 1. The van der Waals surface area contributed by atoms with Crippen molar-refractivity contribution in [2.75, 3.05) is 0 Å². The molecule has 0 aliphatic heterocycles. The molecule has 0 fully saturated rings. The van der Waals surface area contributed by atoms with Crippen LogP contribution in [0, 0.1) is 5.82 Å². The number of amides is 1. The Morgan fingerprint density at radius 3 is 2.83 bits per heavy atom. The summed E-state index contributed by atoms with van der Waals surface area (Å²) in [6, 6.07) is 9.78. The van der Waals surface area contributed by atoms with Gasteiger partial charge in [-0.05, 0) is 42.1 Å². The lowest BCUT2D eigenvalue weighted by atomic mass is 10.2. The van der Waals surface area contributed by atoms with Gasteiger partial charge < -0.3 is 9.84 Å². The molecule has 0 spiro atoms. The second kappa shape index (κ2) is 7.15. The SMILES string of the molecule is O=C(CCc1cccs1)NCc1nc(-c2ccc(F)cc2)no1. The van der Waals surface area contributed by atoms with E-state index in [1.165, 1.54) is 17.0 Å². The minimum Gasteiger partial charge on any atom is -0.347 e. The molecule has 0 atom stereocenters. The lowest BCUT2D eigenvalue weighted by molar-refractivity contribution is -0.121. The molecule has 1 N–H and O–H groups in total. The van der Waals surface area contributed by atoms with Gasteiger partial charge in [0.2, 0.25) is 17.6 Å². The van der Waals surface area contributed by atoms with Crippen LogP contribution < -0.4 is 5.32 Å². The number of thiophene rings is 1. The predicted octanol–water partition coefficient (Wildman–Crippen LogP) is 3.19. The van der Waals surface area contributed by atoms with E-state index >= 15 is 0 Å². The standard InChI is InChI=1S/C16H14FN3O2S/c17-12-5-3-11(4-6-12)16-19-15(22-20-16)10-18-14(21)8-7-13-2-1-9-23-13/h1-6,9H,7-8,10H2,(H,18,21). The van der Waals surface area contributed by atoms with Gasteiger partial charge in [0.15, 0.2) is 0 Å². The molecule has 3 aromatic rings. The average Bonchev–Trinajstić information content (AvgIpc) is 3.23. The van der Waals surface area contributed by atoms with Crippen molar-refractivity contribution in [1.29, 1.82) is 0 Å². The summed E-state index contributed by atoms with van der Waals surface area (Å²) < 4.78 is 18.0. The zero-order valence-corrected chi connectivity index (χ0v) is 13.0. The summed E-state index contributed by atoms with van der Waals surface area (Å²) in [5.41, 5.74) is 0.658. The van der Waals surface area contributed by atoms with Gasteiger partial charge >= 0.3 is 0 Å². The zero-order chi connectivity index (χ0) is 16.1. The molecule has 1 aromatic carbocycles. The number of hydrogen-bond acceptors (Lipinski definition) is 5. The van der Waals surface area contributed by atoms with Gasteiger partial charge in [0.05, 0.1) is 6.54 Å². The van der Waals surface area contributed by atoms with E-state index in [1.54, 1.807) is 23.5 Å². The van der Waals surface area contributed by atoms with E-state index in [9.17, 15) is 9.18 Å². The minimum absolute atomic E-state index is 0.0695. The highest BCUT2D eigenvalue weighted by atomic mass is 32.1. The molecule has 2 heterocycles. The highest BCUT2D eigenvalue weighted by Crippen LogP contribution is 2.16. The van der Waals surface area contributed by atoms with Crippen molar-refractivity contribution >= 4 is 17.2 Å². The molecule has 0 aliphatic carbocycles. The molecule has 23 heavy (non-hydrogen) atoms. The fourth-order valence-corrected chi connectivity index (χ4v) is 2.71. The Hall–Kier alpha value is -2.54. The average molecular weight is 331 g/mol. The number of rotatable bonds is 6. The Bertz CT molecular complexity index is 769. The number of carbonyl (C=O) groups is 1. The van der Waals surface area contributed by atoms with E-state index in [0.29, 0.717) is 30.1 Å². The number of aromatic nitrogens is 2. The summed E-state index contributed by atoms with van der Waals surface area (Å²) in [5, 5.41) is 8.56. The molecule has 0 aliphatic rings. The van der Waals surface area contributed by atoms with Crippen LogP contribution in [0.1, 0.15) is 17.2 Å². The molecule has 5 nitrogen and oxygen atoms in total. The van der Waals surface area contributed by atoms with Crippen molar-refractivity contribution in [3.63, 3.8) is 0 Å². The third-order valence-electron chi connectivity index (χ3n) is 3.19. The molecular formula is C16H14FN3O2S. The first-order valence-corrected chi connectivity index (χ1v) is 7.96. The Balaban J connectivity index is 1.50. The monoisotopic (exact) mass is 331 g/mol. The van der Waals surface area contributed by atoms with Gasteiger partial charge in [0, 0.05) is 16.9 Å². The number of nitrogens with zero attached hydrogens (tertiary/aromatic N) is 2. The van der Waals surface area contributed by atoms with E-state index in [-0.39, 0.29) is 18.3 Å². The van der Waals surface area contributed by atoms with Crippen LogP contribution in [0.25, 0.3) is 11.4 Å². The van der Waals surface area contributed by atoms with Crippen molar-refractivity contribution < 1.29 is 13.7 Å². The van der Waals surface area contributed by atoms with E-state index in [2.05, 4.69) is 15.5 Å². The predicted molar refractivity (Wildman–Crippen MR) is 84.2 cm³/mol. The number of hydrogen-bond donors (Lipinski definition) is 1. The van der Waals surface area contributed by atoms with Gasteiger partial charge in [0.25, 0.3) is 0 Å². The Morgan fingerprint density at radius 2 is 2.09 bits per heavy atom. The minimum atomic E-state index is -0.324. The normalized spacial score (nSPS) is 10.7. The van der Waals surface area contributed by atoms with Gasteiger partial charge in [-0.3, -0.25) is 4.79 Å². The zero-order valence-electron chi connectivity index (χ0n) is 12.2. The highest BCUT2D eigenvalue weighted by Gasteiger charge is 2.10. The Kier molecular flexibility index (Phi) is 4.77. The summed E-state index contributed by atoms with van der Waals surface area (Å²) in [4.78, 5) is 17.1. The molecule has 0 saturated heterocycles. The first-order valence-electron chi connectivity index (χ1n) is 7.08. The lowest BCUT2D eigenvalue weighted by Crippen LogP contribution is -2.23. The number of aryl methyl sites for hydroxylation is 1. The molecular weight excluding hydrogens is 317 g/mol. The highest BCUT2D eigenvalue weighted by molar-refractivity contribution is 7.09. The van der Waals surface area contributed by atoms with E-state index in [0.717, 1.165) is 0 Å². The molecule has 3 rings (SSSR count). The van der Waals surface area contributed by atoms with Crippen molar-refractivity contribution in [3.05, 3.63) is 58.4 Å². The molecule has 1 amide bonds. The Morgan fingerprint density at radius 1 is 1.26 bits per heavy atom. The van der Waals surface area contributed by atoms with Crippen LogP contribution >= 0.6 is 11.3 Å². The van der Waals surface area contributed by atoms with Crippen LogP contribution in [0.4, 0.5) is 4.39 Å². The number of halogens is 1. The lowest BCUT2D eigenvalue weighted by Gasteiger charge is -2.00. The van der Waals surface area contributed by atoms with Crippen LogP contribution in [0.5, 0.6) is 0 Å². The van der Waals surface area contributed by atoms with Gasteiger partial charge in [-0.2, -0.15) is 4.98 Å². The van der Waals surface area contributed by atoms with Gasteiger partial charge in [-0.25, -0.2) is 4.39 Å². The maximum Gasteiger partial charge on any atom is 0.246 e. The maximum atomic E-state index is 12.9. The first-order chi connectivity index (χ1) is 11.2. The summed E-state index contributed by atoms with van der Waals surface area (Å²) in [6.07, 6.45) is 1.13. The number of nitrogens with one attached hydrogen (secondary N) is 1. The smallest absolute Gasteiger partial charge is 0.246 e. The first kappa shape index (κ1) is 15.4. The summed E-state index contributed by atoms with van der Waals surface area (Å²) in [6.45, 7) is 0.178. The van der Waals surface area contributed by atoms with Crippen LogP contribution in [0.15, 0.2) is 46.3 Å². The topological polar surface area (TPSA) is 68.0 Å². The number of benzene rings is 1. The van der Waals surface area contributed by atoms with Crippen LogP contribution in [-0.4, -0.2) is 16.0 Å². The van der Waals surface area contributed by atoms with E-state index in [1.807, 2.05) is 17.5 Å². The van der Waals surface area contributed by atoms with Crippen molar-refractivity contribution in [3.8, 4) is 11.4 Å². The molecule has 7 heteroatoms. The van der Waals surface area contributed by atoms with Crippen LogP contribution in [0.3, 0.4) is 0 Å². The third kappa shape index (κ3) is 4.23. The molecule has 118 valence electrons. The van der Waals surface area contributed by atoms with Gasteiger partial charge in [0.1, 0.15) is 5.82 Å². The van der Waals surface area contributed by atoms with Crippen LogP contribution in [0.2, 0.25) is 0 Å². The van der Waals surface area contributed by atoms with E-state index < -0.39 is 0 Å². The molecule has 0 radical (unpaired) electrons. The second-order valence-corrected chi connectivity index (χ2v) is 5.91. The van der Waals surface area contributed by atoms with E-state index in [4.69, 9.17) is 4.52 Å².